The van der Waals surface area contributed by atoms with Crippen molar-refractivity contribution in [3.63, 3.8) is 0 Å². The lowest BCUT2D eigenvalue weighted by Crippen LogP contribution is -2.57. The third-order valence-corrected chi connectivity index (χ3v) is 7.35. The first kappa shape index (κ1) is 23.5. The highest BCUT2D eigenvalue weighted by atomic mass is 16.7. The molecule has 35 heavy (non-hydrogen) atoms. The lowest BCUT2D eigenvalue weighted by molar-refractivity contribution is -0.129. The Balaban J connectivity index is 1.22. The van der Waals surface area contributed by atoms with Gasteiger partial charge in [-0.15, -0.1) is 0 Å². The summed E-state index contributed by atoms with van der Waals surface area (Å²) in [5.41, 5.74) is 1.57. The number of benzene rings is 2. The lowest BCUT2D eigenvalue weighted by Gasteiger charge is -2.40. The molecular weight excluding hydrogens is 446 g/mol. The molecule has 1 atom stereocenters. The minimum absolute atomic E-state index is 0.0215. The Morgan fingerprint density at radius 2 is 1.77 bits per heavy atom. The van der Waals surface area contributed by atoms with Gasteiger partial charge in [0.25, 0.3) is 5.91 Å². The van der Waals surface area contributed by atoms with Gasteiger partial charge in [0, 0.05) is 32.7 Å². The monoisotopic (exact) mass is 479 g/mol. The molecule has 8 heteroatoms. The zero-order chi connectivity index (χ0) is 24.2. The van der Waals surface area contributed by atoms with Crippen molar-refractivity contribution in [3.05, 3.63) is 53.6 Å². The fraction of sp³-hybridized carbons (Fsp3) is 0.481. The Hall–Kier alpha value is -3.26. The number of nitrogens with zero attached hydrogens (tertiary/aromatic N) is 2. The summed E-state index contributed by atoms with van der Waals surface area (Å²) in [5.74, 6) is 2.45. The van der Waals surface area contributed by atoms with Gasteiger partial charge >= 0.3 is 0 Å². The second-order valence-corrected chi connectivity index (χ2v) is 9.42. The molecule has 8 nitrogen and oxygen atoms in total. The molecule has 3 aliphatic rings. The molecule has 1 aliphatic carbocycles. The van der Waals surface area contributed by atoms with E-state index in [1.54, 1.807) is 13.2 Å². The molecule has 2 amide bonds. The first-order valence-corrected chi connectivity index (χ1v) is 12.5. The molecule has 5 rings (SSSR count). The molecule has 186 valence electrons. The van der Waals surface area contributed by atoms with E-state index in [0.717, 1.165) is 29.9 Å². The number of hydrogen-bond acceptors (Lipinski definition) is 6. The summed E-state index contributed by atoms with van der Waals surface area (Å²) < 4.78 is 16.2. The second-order valence-electron chi connectivity index (χ2n) is 9.42. The molecule has 1 N–H and O–H groups in total. The van der Waals surface area contributed by atoms with Crippen LogP contribution >= 0.6 is 0 Å². The fourth-order valence-electron chi connectivity index (χ4n) is 5.49. The molecule has 0 spiro atoms. The number of amides is 2. The molecule has 0 radical (unpaired) electrons. The molecule has 1 saturated carbocycles. The van der Waals surface area contributed by atoms with Crippen molar-refractivity contribution in [1.29, 1.82) is 0 Å². The van der Waals surface area contributed by atoms with Gasteiger partial charge in [-0.1, -0.05) is 31.0 Å². The van der Waals surface area contributed by atoms with Crippen molar-refractivity contribution >= 4 is 11.8 Å². The van der Waals surface area contributed by atoms with E-state index < -0.39 is 0 Å². The number of methoxy groups -OCH3 is 1. The molecule has 2 aliphatic heterocycles. The third-order valence-electron chi connectivity index (χ3n) is 7.35. The summed E-state index contributed by atoms with van der Waals surface area (Å²) in [7, 11) is 1.58. The molecule has 1 unspecified atom stereocenters. The van der Waals surface area contributed by atoms with Crippen LogP contribution in [0.2, 0.25) is 0 Å². The predicted octanol–water partition coefficient (Wildman–Crippen LogP) is 3.06. The van der Waals surface area contributed by atoms with Crippen molar-refractivity contribution in [2.24, 2.45) is 5.92 Å². The minimum atomic E-state index is -0.171. The molecule has 0 bridgehead atoms. The smallest absolute Gasteiger partial charge is 0.257 e. The highest BCUT2D eigenvalue weighted by molar-refractivity contribution is 5.97. The van der Waals surface area contributed by atoms with Gasteiger partial charge in [0.05, 0.1) is 18.7 Å². The second kappa shape index (κ2) is 10.6. The quantitative estimate of drug-likeness (QED) is 0.658. The highest BCUT2D eigenvalue weighted by Gasteiger charge is 2.37. The van der Waals surface area contributed by atoms with Crippen LogP contribution in [0.15, 0.2) is 42.5 Å². The van der Waals surface area contributed by atoms with Crippen molar-refractivity contribution in [2.75, 3.05) is 40.1 Å². The lowest BCUT2D eigenvalue weighted by atomic mass is 9.94. The topological polar surface area (TPSA) is 80.3 Å². The van der Waals surface area contributed by atoms with Crippen LogP contribution < -0.4 is 19.5 Å². The average molecular weight is 480 g/mol. The van der Waals surface area contributed by atoms with E-state index in [4.69, 9.17) is 14.2 Å². The summed E-state index contributed by atoms with van der Waals surface area (Å²) in [6, 6.07) is 12.9. The van der Waals surface area contributed by atoms with E-state index in [-0.39, 0.29) is 24.6 Å². The zero-order valence-corrected chi connectivity index (χ0v) is 20.2. The van der Waals surface area contributed by atoms with Gasteiger partial charge in [0.1, 0.15) is 5.75 Å². The number of rotatable bonds is 7. The van der Waals surface area contributed by atoms with Crippen LogP contribution in [0.4, 0.5) is 0 Å². The van der Waals surface area contributed by atoms with Gasteiger partial charge in [-0.3, -0.25) is 14.5 Å². The fourth-order valence-corrected chi connectivity index (χ4v) is 5.49. The van der Waals surface area contributed by atoms with Crippen LogP contribution in [0.3, 0.4) is 0 Å². The van der Waals surface area contributed by atoms with Crippen LogP contribution in [0.5, 0.6) is 17.2 Å². The van der Waals surface area contributed by atoms with E-state index in [1.807, 2.05) is 41.3 Å². The van der Waals surface area contributed by atoms with Crippen LogP contribution in [0, 0.1) is 5.92 Å². The van der Waals surface area contributed by atoms with Crippen molar-refractivity contribution in [1.82, 2.24) is 15.1 Å². The minimum Gasteiger partial charge on any atom is -0.496 e. The van der Waals surface area contributed by atoms with Gasteiger partial charge in [-0.2, -0.15) is 0 Å². The number of hydrogen-bond donors (Lipinski definition) is 1. The molecule has 1 saturated heterocycles. The Bertz CT molecular complexity index is 1060. The van der Waals surface area contributed by atoms with E-state index in [9.17, 15) is 9.59 Å². The Kier molecular flexibility index (Phi) is 7.08. The Morgan fingerprint density at radius 3 is 2.54 bits per heavy atom. The predicted molar refractivity (Wildman–Crippen MR) is 131 cm³/mol. The molecule has 2 fully saturated rings. The van der Waals surface area contributed by atoms with Crippen LogP contribution in [-0.2, 0) is 11.3 Å². The summed E-state index contributed by atoms with van der Waals surface area (Å²) in [5, 5.41) is 3.17. The normalized spacial score (nSPS) is 18.9. The molecular formula is C27H33N3O5. The molecule has 0 aromatic heterocycles. The average Bonchev–Trinajstić information content (AvgIpc) is 3.60. The Labute approximate surface area is 206 Å². The van der Waals surface area contributed by atoms with Crippen molar-refractivity contribution < 1.29 is 23.8 Å². The molecule has 2 heterocycles. The van der Waals surface area contributed by atoms with Crippen LogP contribution in [0.25, 0.3) is 0 Å². The van der Waals surface area contributed by atoms with E-state index in [2.05, 4.69) is 10.2 Å². The maximum atomic E-state index is 13.5. The number of carbonyl (C=O) groups excluding carboxylic acids is 2. The number of nitrogens with one attached hydrogen (secondary N) is 1. The number of para-hydroxylation sites is 1. The summed E-state index contributed by atoms with van der Waals surface area (Å²) >= 11 is 0. The summed E-state index contributed by atoms with van der Waals surface area (Å²) in [6.07, 6.45) is 4.48. The SMILES string of the molecule is COc1ccccc1C(=O)N1CCN(C(C(=O)NCc2ccc3c(c2)OCO3)C2CCCC2)CC1. The Morgan fingerprint density at radius 1 is 1.03 bits per heavy atom. The van der Waals surface area contributed by atoms with Gasteiger partial charge in [0.15, 0.2) is 11.5 Å². The highest BCUT2D eigenvalue weighted by Crippen LogP contribution is 2.33. The van der Waals surface area contributed by atoms with Crippen LogP contribution in [0.1, 0.15) is 41.6 Å². The number of ether oxygens (including phenoxy) is 3. The van der Waals surface area contributed by atoms with Gasteiger partial charge in [-0.25, -0.2) is 0 Å². The first-order chi connectivity index (χ1) is 17.1. The van der Waals surface area contributed by atoms with Crippen molar-refractivity contribution in [3.8, 4) is 17.2 Å². The maximum absolute atomic E-state index is 13.5. The number of fused-ring (bicyclic) bond motifs is 1. The van der Waals surface area contributed by atoms with Gasteiger partial charge in [-0.05, 0) is 48.6 Å². The maximum Gasteiger partial charge on any atom is 0.257 e. The van der Waals surface area contributed by atoms with Crippen molar-refractivity contribution in [2.45, 2.75) is 38.3 Å². The first-order valence-electron chi connectivity index (χ1n) is 12.5. The standard InChI is InChI=1S/C27H33N3O5/c1-33-22-9-5-4-8-21(22)27(32)30-14-12-29(13-15-30)25(20-6-2-3-7-20)26(31)28-17-19-10-11-23-24(16-19)35-18-34-23/h4-5,8-11,16,20,25H,2-3,6-7,12-15,17-18H2,1H3,(H,28,31). The van der Waals surface area contributed by atoms with Gasteiger partial charge < -0.3 is 24.4 Å². The molecule has 2 aromatic carbocycles. The van der Waals surface area contributed by atoms with E-state index in [0.29, 0.717) is 50.0 Å². The number of carbonyl (C=O) groups is 2. The van der Waals surface area contributed by atoms with Gasteiger partial charge in [0.2, 0.25) is 12.7 Å². The van der Waals surface area contributed by atoms with E-state index >= 15 is 0 Å². The third kappa shape index (κ3) is 5.07. The largest absolute Gasteiger partial charge is 0.496 e. The van der Waals surface area contributed by atoms with E-state index in [1.165, 1.54) is 12.8 Å². The van der Waals surface area contributed by atoms with Crippen LogP contribution in [-0.4, -0.2) is 67.7 Å². The number of piperazine rings is 1. The molecule has 2 aromatic rings. The summed E-state index contributed by atoms with van der Waals surface area (Å²) in [6.45, 7) is 3.23. The zero-order valence-electron chi connectivity index (χ0n) is 20.2. The summed E-state index contributed by atoms with van der Waals surface area (Å²) in [4.78, 5) is 30.7.